The van der Waals surface area contributed by atoms with E-state index in [2.05, 4.69) is 15.9 Å². The third-order valence-electron chi connectivity index (χ3n) is 2.50. The van der Waals surface area contributed by atoms with Gasteiger partial charge in [-0.25, -0.2) is 0 Å². The monoisotopic (exact) mass is 294 g/mol. The number of amides is 1. The van der Waals surface area contributed by atoms with E-state index in [0.29, 0.717) is 19.4 Å². The smallest absolute Gasteiger partial charge is 0.222 e. The second kappa shape index (κ2) is 7.08. The molecule has 1 aromatic rings. The maximum Gasteiger partial charge on any atom is 0.222 e. The minimum atomic E-state index is 0.0835. The summed E-state index contributed by atoms with van der Waals surface area (Å²) in [7, 11) is 1.74. The Morgan fingerprint density at radius 1 is 1.53 bits per heavy atom. The molecule has 1 amide bonds. The van der Waals surface area contributed by atoms with Gasteiger partial charge < -0.3 is 4.90 Å². The first kappa shape index (κ1) is 13.7. The zero-order valence-electron chi connectivity index (χ0n) is 9.82. The van der Waals surface area contributed by atoms with E-state index in [1.54, 1.807) is 11.9 Å². The Labute approximate surface area is 110 Å². The van der Waals surface area contributed by atoms with Crippen molar-refractivity contribution in [2.75, 3.05) is 13.6 Å². The predicted molar refractivity (Wildman–Crippen MR) is 70.3 cm³/mol. The van der Waals surface area contributed by atoms with Crippen molar-refractivity contribution >= 4 is 21.8 Å². The Kier molecular flexibility index (Phi) is 5.71. The first-order chi connectivity index (χ1) is 8.13. The lowest BCUT2D eigenvalue weighted by atomic mass is 10.1. The highest BCUT2D eigenvalue weighted by molar-refractivity contribution is 9.10. The second-order valence-electron chi connectivity index (χ2n) is 3.85. The lowest BCUT2D eigenvalue weighted by molar-refractivity contribution is -0.129. The normalized spacial score (nSPS) is 9.71. The third-order valence-corrected chi connectivity index (χ3v) is 2.99. The van der Waals surface area contributed by atoms with Crippen LogP contribution in [0.1, 0.15) is 18.4 Å². The molecule has 0 heterocycles. The van der Waals surface area contributed by atoms with Crippen LogP contribution >= 0.6 is 15.9 Å². The molecular formula is C13H15BrN2O. The van der Waals surface area contributed by atoms with Crippen LogP contribution in [0, 0.1) is 11.3 Å². The molecule has 0 spiro atoms. The molecule has 90 valence electrons. The summed E-state index contributed by atoms with van der Waals surface area (Å²) in [4.78, 5) is 13.3. The quantitative estimate of drug-likeness (QED) is 0.838. The van der Waals surface area contributed by atoms with Crippen molar-refractivity contribution in [1.29, 1.82) is 5.26 Å². The Morgan fingerprint density at radius 2 is 2.29 bits per heavy atom. The number of hydrogen-bond donors (Lipinski definition) is 0. The molecule has 3 nitrogen and oxygen atoms in total. The second-order valence-corrected chi connectivity index (χ2v) is 4.77. The van der Waals surface area contributed by atoms with E-state index in [1.165, 1.54) is 0 Å². The summed E-state index contributed by atoms with van der Waals surface area (Å²) in [6.45, 7) is 0.508. The van der Waals surface area contributed by atoms with Crippen molar-refractivity contribution in [3.63, 3.8) is 0 Å². The van der Waals surface area contributed by atoms with Gasteiger partial charge in [-0.05, 0) is 24.1 Å². The van der Waals surface area contributed by atoms with Gasteiger partial charge in [-0.1, -0.05) is 28.1 Å². The van der Waals surface area contributed by atoms with Crippen LogP contribution in [-0.4, -0.2) is 24.4 Å². The summed E-state index contributed by atoms with van der Waals surface area (Å²) in [5.74, 6) is 0.0835. The molecule has 4 heteroatoms. The molecule has 0 atom stereocenters. The molecule has 0 radical (unpaired) electrons. The lowest BCUT2D eigenvalue weighted by Crippen LogP contribution is -2.27. The van der Waals surface area contributed by atoms with Crippen molar-refractivity contribution in [2.45, 2.75) is 19.3 Å². The minimum Gasteiger partial charge on any atom is -0.345 e. The van der Waals surface area contributed by atoms with E-state index in [4.69, 9.17) is 5.26 Å². The molecule has 17 heavy (non-hydrogen) atoms. The molecule has 0 saturated heterocycles. The van der Waals surface area contributed by atoms with Gasteiger partial charge in [0.2, 0.25) is 5.91 Å². The van der Waals surface area contributed by atoms with E-state index in [0.717, 1.165) is 16.5 Å². The molecule has 0 aliphatic rings. The van der Waals surface area contributed by atoms with Crippen molar-refractivity contribution in [1.82, 2.24) is 4.90 Å². The van der Waals surface area contributed by atoms with E-state index >= 15 is 0 Å². The standard InChI is InChI=1S/C13H15BrN2O/c1-16(9-3-8-15)13(17)7-6-11-4-2-5-12(14)10-11/h2,4-5,10H,3,6-7,9H2,1H3. The number of rotatable bonds is 5. The third kappa shape index (κ3) is 5.01. The van der Waals surface area contributed by atoms with Gasteiger partial charge in [-0.15, -0.1) is 0 Å². The number of benzene rings is 1. The Bertz CT molecular complexity index is 426. The van der Waals surface area contributed by atoms with Crippen molar-refractivity contribution < 1.29 is 4.79 Å². The van der Waals surface area contributed by atoms with Crippen molar-refractivity contribution in [3.8, 4) is 6.07 Å². The summed E-state index contributed by atoms with van der Waals surface area (Å²) < 4.78 is 1.03. The number of carbonyl (C=O) groups is 1. The van der Waals surface area contributed by atoms with Crippen LogP contribution in [0.15, 0.2) is 28.7 Å². The van der Waals surface area contributed by atoms with E-state index in [1.807, 2.05) is 30.3 Å². The molecule has 0 saturated carbocycles. The Morgan fingerprint density at radius 3 is 2.94 bits per heavy atom. The topological polar surface area (TPSA) is 44.1 Å². The number of nitriles is 1. The summed E-state index contributed by atoms with van der Waals surface area (Å²) in [5.41, 5.74) is 1.14. The molecule has 0 bridgehead atoms. The fourth-order valence-corrected chi connectivity index (χ4v) is 1.92. The van der Waals surface area contributed by atoms with Crippen molar-refractivity contribution in [3.05, 3.63) is 34.3 Å². The minimum absolute atomic E-state index is 0.0835. The summed E-state index contributed by atoms with van der Waals surface area (Å²) >= 11 is 3.40. The summed E-state index contributed by atoms with van der Waals surface area (Å²) in [6, 6.07) is 9.98. The summed E-state index contributed by atoms with van der Waals surface area (Å²) in [5, 5.41) is 8.44. The zero-order valence-corrected chi connectivity index (χ0v) is 11.4. The fourth-order valence-electron chi connectivity index (χ4n) is 1.48. The van der Waals surface area contributed by atoms with Crippen LogP contribution in [0.5, 0.6) is 0 Å². The largest absolute Gasteiger partial charge is 0.345 e. The lowest BCUT2D eigenvalue weighted by Gasteiger charge is -2.15. The maximum absolute atomic E-state index is 11.7. The predicted octanol–water partition coefficient (Wildman–Crippen LogP) is 2.75. The van der Waals surface area contributed by atoms with Gasteiger partial charge in [-0.2, -0.15) is 5.26 Å². The number of halogens is 1. The molecule has 0 unspecified atom stereocenters. The molecule has 0 aromatic heterocycles. The molecular weight excluding hydrogens is 280 g/mol. The molecule has 0 N–H and O–H groups in total. The van der Waals surface area contributed by atoms with E-state index in [9.17, 15) is 4.79 Å². The molecule has 0 fully saturated rings. The van der Waals surface area contributed by atoms with Gasteiger partial charge in [0.05, 0.1) is 12.5 Å². The van der Waals surface area contributed by atoms with E-state index in [-0.39, 0.29) is 5.91 Å². The van der Waals surface area contributed by atoms with Crippen LogP contribution in [0.25, 0.3) is 0 Å². The van der Waals surface area contributed by atoms with Gasteiger partial charge in [0, 0.05) is 24.5 Å². The Balaban J connectivity index is 2.40. The van der Waals surface area contributed by atoms with Crippen molar-refractivity contribution in [2.24, 2.45) is 0 Å². The van der Waals surface area contributed by atoms with Crippen LogP contribution in [0.4, 0.5) is 0 Å². The van der Waals surface area contributed by atoms with E-state index < -0.39 is 0 Å². The first-order valence-corrected chi connectivity index (χ1v) is 6.28. The molecule has 0 aliphatic carbocycles. The molecule has 0 aliphatic heterocycles. The Hall–Kier alpha value is -1.34. The van der Waals surface area contributed by atoms with Crippen LogP contribution in [0.2, 0.25) is 0 Å². The molecule has 1 aromatic carbocycles. The average Bonchev–Trinajstić information content (AvgIpc) is 2.33. The average molecular weight is 295 g/mol. The van der Waals surface area contributed by atoms with Gasteiger partial charge in [-0.3, -0.25) is 4.79 Å². The number of hydrogen-bond acceptors (Lipinski definition) is 2. The van der Waals surface area contributed by atoms with Gasteiger partial charge in [0.15, 0.2) is 0 Å². The zero-order chi connectivity index (χ0) is 12.7. The van der Waals surface area contributed by atoms with Crippen LogP contribution < -0.4 is 0 Å². The highest BCUT2D eigenvalue weighted by Gasteiger charge is 2.08. The number of aryl methyl sites for hydroxylation is 1. The first-order valence-electron chi connectivity index (χ1n) is 5.49. The van der Waals surface area contributed by atoms with Gasteiger partial charge in [0.25, 0.3) is 0 Å². The van der Waals surface area contributed by atoms with Crippen LogP contribution in [0.3, 0.4) is 0 Å². The number of carbonyl (C=O) groups excluding carboxylic acids is 1. The highest BCUT2D eigenvalue weighted by Crippen LogP contribution is 2.13. The van der Waals surface area contributed by atoms with Gasteiger partial charge >= 0.3 is 0 Å². The molecule has 1 rings (SSSR count). The number of nitrogens with zero attached hydrogens (tertiary/aromatic N) is 2. The van der Waals surface area contributed by atoms with Gasteiger partial charge in [0.1, 0.15) is 0 Å². The highest BCUT2D eigenvalue weighted by atomic mass is 79.9. The SMILES string of the molecule is CN(CCC#N)C(=O)CCc1cccc(Br)c1. The summed E-state index contributed by atoms with van der Waals surface area (Å²) in [6.07, 6.45) is 1.60. The fraction of sp³-hybridized carbons (Fsp3) is 0.385. The maximum atomic E-state index is 11.7. The van der Waals surface area contributed by atoms with Crippen LogP contribution in [-0.2, 0) is 11.2 Å².